The van der Waals surface area contributed by atoms with Crippen LogP contribution in [0.1, 0.15) is 24.2 Å². The highest BCUT2D eigenvalue weighted by molar-refractivity contribution is 5.98. The van der Waals surface area contributed by atoms with Crippen molar-refractivity contribution in [1.29, 1.82) is 0 Å². The average Bonchev–Trinajstić information content (AvgIpc) is 2.79. The fraction of sp³-hybridized carbons (Fsp3) is 0.167. The van der Waals surface area contributed by atoms with Crippen LogP contribution in [0.25, 0.3) is 27.7 Å². The zero-order valence-electron chi connectivity index (χ0n) is 18.0. The van der Waals surface area contributed by atoms with Crippen LogP contribution >= 0.6 is 0 Å². The van der Waals surface area contributed by atoms with Crippen molar-refractivity contribution in [1.82, 2.24) is 19.9 Å². The third kappa shape index (κ3) is 3.90. The Balaban J connectivity index is 1.86. The lowest BCUT2D eigenvalue weighted by Gasteiger charge is -2.13. The third-order valence-electron chi connectivity index (χ3n) is 4.95. The smallest absolute Gasteiger partial charge is 0.267 e. The summed E-state index contributed by atoms with van der Waals surface area (Å²) in [5, 5.41) is 3.25. The highest BCUT2D eigenvalue weighted by Crippen LogP contribution is 2.27. The third-order valence-corrected chi connectivity index (χ3v) is 4.95. The number of fused-ring (bicyclic) bond motifs is 1. The SMILES string of the molecule is COc1ncc(-c2ccc3nc(N)n(-c4ccccc4)c(=O)c3c2)cc1C(=O)NC(C)C. The van der Waals surface area contributed by atoms with Gasteiger partial charge in [0.15, 0.2) is 0 Å². The molecule has 0 radical (unpaired) electrons. The number of hydrogen-bond acceptors (Lipinski definition) is 6. The molecule has 0 aliphatic carbocycles. The number of nitrogens with two attached hydrogens (primary N) is 1. The van der Waals surface area contributed by atoms with Gasteiger partial charge in [0.2, 0.25) is 11.8 Å². The summed E-state index contributed by atoms with van der Waals surface area (Å²) in [5.41, 5.74) is 8.62. The van der Waals surface area contributed by atoms with E-state index in [4.69, 9.17) is 10.5 Å². The number of aromatic nitrogens is 3. The lowest BCUT2D eigenvalue weighted by Crippen LogP contribution is -2.30. The van der Waals surface area contributed by atoms with E-state index in [0.717, 1.165) is 5.56 Å². The lowest BCUT2D eigenvalue weighted by molar-refractivity contribution is 0.0939. The van der Waals surface area contributed by atoms with Gasteiger partial charge in [0, 0.05) is 17.8 Å². The van der Waals surface area contributed by atoms with E-state index in [9.17, 15) is 9.59 Å². The quantitative estimate of drug-likeness (QED) is 0.504. The number of amides is 1. The highest BCUT2D eigenvalue weighted by Gasteiger charge is 2.17. The molecular formula is C24H23N5O3. The molecule has 2 aromatic carbocycles. The molecule has 8 nitrogen and oxygen atoms in total. The Labute approximate surface area is 184 Å². The highest BCUT2D eigenvalue weighted by atomic mass is 16.5. The fourth-order valence-corrected chi connectivity index (χ4v) is 3.48. The van der Waals surface area contributed by atoms with Crippen LogP contribution < -0.4 is 21.3 Å². The number of benzene rings is 2. The molecule has 4 rings (SSSR count). The molecule has 2 heterocycles. The first-order valence-electron chi connectivity index (χ1n) is 10.1. The monoisotopic (exact) mass is 429 g/mol. The molecule has 0 aliphatic rings. The van der Waals surface area contributed by atoms with Crippen molar-refractivity contribution in [2.75, 3.05) is 12.8 Å². The maximum atomic E-state index is 13.3. The molecule has 0 spiro atoms. The number of hydrogen-bond donors (Lipinski definition) is 2. The number of rotatable bonds is 5. The minimum atomic E-state index is -0.284. The predicted octanol–water partition coefficient (Wildman–Crippen LogP) is 3.18. The van der Waals surface area contributed by atoms with E-state index in [1.165, 1.54) is 11.7 Å². The van der Waals surface area contributed by atoms with Gasteiger partial charge in [-0.15, -0.1) is 0 Å². The van der Waals surface area contributed by atoms with Gasteiger partial charge < -0.3 is 15.8 Å². The van der Waals surface area contributed by atoms with Crippen LogP contribution in [-0.2, 0) is 0 Å². The largest absolute Gasteiger partial charge is 0.480 e. The van der Waals surface area contributed by atoms with Crippen molar-refractivity contribution >= 4 is 22.8 Å². The van der Waals surface area contributed by atoms with Crippen LogP contribution in [0.4, 0.5) is 5.95 Å². The summed E-state index contributed by atoms with van der Waals surface area (Å²) in [4.78, 5) is 34.6. The molecule has 0 saturated heterocycles. The molecular weight excluding hydrogens is 406 g/mol. The van der Waals surface area contributed by atoms with Gasteiger partial charge in [-0.05, 0) is 49.7 Å². The molecule has 0 bridgehead atoms. The van der Waals surface area contributed by atoms with Crippen LogP contribution in [0, 0.1) is 0 Å². The van der Waals surface area contributed by atoms with E-state index in [1.807, 2.05) is 38.1 Å². The van der Waals surface area contributed by atoms with E-state index >= 15 is 0 Å². The number of nitrogen functional groups attached to an aromatic ring is 1. The minimum Gasteiger partial charge on any atom is -0.480 e. The van der Waals surface area contributed by atoms with Crippen molar-refractivity contribution in [2.24, 2.45) is 0 Å². The van der Waals surface area contributed by atoms with Crippen molar-refractivity contribution in [3.63, 3.8) is 0 Å². The molecule has 0 saturated carbocycles. The van der Waals surface area contributed by atoms with Gasteiger partial charge in [0.05, 0.1) is 23.7 Å². The summed E-state index contributed by atoms with van der Waals surface area (Å²) in [6.45, 7) is 3.75. The Morgan fingerprint density at radius 1 is 1.09 bits per heavy atom. The second kappa shape index (κ2) is 8.50. The summed E-state index contributed by atoms with van der Waals surface area (Å²) in [5.74, 6) is 0.0571. The predicted molar refractivity (Wildman–Crippen MR) is 124 cm³/mol. The Kier molecular flexibility index (Phi) is 5.59. The van der Waals surface area contributed by atoms with E-state index in [2.05, 4.69) is 15.3 Å². The number of para-hydroxylation sites is 1. The van der Waals surface area contributed by atoms with Crippen molar-refractivity contribution in [2.45, 2.75) is 19.9 Å². The molecule has 0 unspecified atom stereocenters. The van der Waals surface area contributed by atoms with E-state index in [1.54, 1.807) is 36.5 Å². The Bertz CT molecular complexity index is 1360. The van der Waals surface area contributed by atoms with Crippen molar-refractivity contribution in [3.8, 4) is 22.7 Å². The topological polar surface area (TPSA) is 112 Å². The van der Waals surface area contributed by atoms with Crippen LogP contribution in [0.2, 0.25) is 0 Å². The number of methoxy groups -OCH3 is 1. The molecule has 3 N–H and O–H groups in total. The molecule has 32 heavy (non-hydrogen) atoms. The second-order valence-corrected chi connectivity index (χ2v) is 7.59. The zero-order chi connectivity index (χ0) is 22.8. The second-order valence-electron chi connectivity index (χ2n) is 7.59. The van der Waals surface area contributed by atoms with Gasteiger partial charge in [0.25, 0.3) is 11.5 Å². The Hall–Kier alpha value is -4.20. The minimum absolute atomic E-state index is 0.0375. The van der Waals surface area contributed by atoms with Crippen LogP contribution in [0.15, 0.2) is 65.6 Å². The molecule has 0 fully saturated rings. The molecule has 0 atom stereocenters. The lowest BCUT2D eigenvalue weighted by atomic mass is 10.0. The standard InChI is InChI=1S/C24H23N5O3/c1-14(2)27-21(30)19-12-16(13-26-22(19)32-3)15-9-10-20-18(11-15)23(31)29(24(25)28-20)17-7-5-4-6-8-17/h4-14H,1-3H3,(H2,25,28)(H,27,30). The maximum Gasteiger partial charge on any atom is 0.267 e. The Morgan fingerprint density at radius 3 is 2.53 bits per heavy atom. The number of nitrogens with zero attached hydrogens (tertiary/aromatic N) is 3. The number of ether oxygens (including phenoxy) is 1. The van der Waals surface area contributed by atoms with E-state index < -0.39 is 0 Å². The summed E-state index contributed by atoms with van der Waals surface area (Å²) < 4.78 is 6.63. The normalized spacial score (nSPS) is 11.0. The maximum absolute atomic E-state index is 13.3. The average molecular weight is 429 g/mol. The molecule has 1 amide bonds. The molecule has 8 heteroatoms. The number of anilines is 1. The summed E-state index contributed by atoms with van der Waals surface area (Å²) >= 11 is 0. The zero-order valence-corrected chi connectivity index (χ0v) is 18.0. The van der Waals surface area contributed by atoms with Gasteiger partial charge in [-0.25, -0.2) is 14.5 Å². The molecule has 2 aromatic heterocycles. The van der Waals surface area contributed by atoms with Crippen LogP contribution in [0.5, 0.6) is 5.88 Å². The molecule has 0 aliphatic heterocycles. The number of carbonyl (C=O) groups excluding carboxylic acids is 1. The molecule has 4 aromatic rings. The van der Waals surface area contributed by atoms with E-state index in [-0.39, 0.29) is 29.3 Å². The summed E-state index contributed by atoms with van der Waals surface area (Å²) in [7, 11) is 1.46. The summed E-state index contributed by atoms with van der Waals surface area (Å²) in [6, 6.07) is 16.0. The van der Waals surface area contributed by atoms with Gasteiger partial charge >= 0.3 is 0 Å². The van der Waals surface area contributed by atoms with Gasteiger partial charge in [-0.3, -0.25) is 9.59 Å². The molecule has 162 valence electrons. The number of pyridine rings is 1. The van der Waals surface area contributed by atoms with Gasteiger partial charge in [-0.1, -0.05) is 24.3 Å². The van der Waals surface area contributed by atoms with Gasteiger partial charge in [-0.2, -0.15) is 0 Å². The number of carbonyl (C=O) groups is 1. The van der Waals surface area contributed by atoms with Crippen molar-refractivity contribution in [3.05, 3.63) is 76.7 Å². The summed E-state index contributed by atoms with van der Waals surface area (Å²) in [6.07, 6.45) is 1.60. The number of nitrogens with one attached hydrogen (secondary N) is 1. The van der Waals surface area contributed by atoms with Crippen molar-refractivity contribution < 1.29 is 9.53 Å². The van der Waals surface area contributed by atoms with Crippen LogP contribution in [-0.4, -0.2) is 33.6 Å². The first-order valence-corrected chi connectivity index (χ1v) is 10.1. The first-order chi connectivity index (χ1) is 15.4. The van der Waals surface area contributed by atoms with Gasteiger partial charge in [0.1, 0.15) is 5.56 Å². The van der Waals surface area contributed by atoms with E-state index in [0.29, 0.717) is 27.7 Å². The van der Waals surface area contributed by atoms with Crippen LogP contribution in [0.3, 0.4) is 0 Å². The first kappa shape index (κ1) is 21.0. The Morgan fingerprint density at radius 2 is 1.84 bits per heavy atom. The fourth-order valence-electron chi connectivity index (χ4n) is 3.48.